The highest BCUT2D eigenvalue weighted by Crippen LogP contribution is 2.04. The molecule has 2 nitrogen and oxygen atoms in total. The smallest absolute Gasteiger partial charge is 0.0701 e. The molecular weight excluding hydrogens is 128 g/mol. The SMILES string of the molecule is [CH2]CCC(CC)OCCO. The number of aliphatic hydroxyl groups excluding tert-OH is 1. The topological polar surface area (TPSA) is 29.5 Å². The van der Waals surface area contributed by atoms with Crippen molar-refractivity contribution in [2.24, 2.45) is 0 Å². The van der Waals surface area contributed by atoms with Crippen LogP contribution in [0, 0.1) is 6.92 Å². The third-order valence-electron chi connectivity index (χ3n) is 1.43. The number of hydrogen-bond acceptors (Lipinski definition) is 2. The summed E-state index contributed by atoms with van der Waals surface area (Å²) in [5.41, 5.74) is 0. The molecule has 0 spiro atoms. The lowest BCUT2D eigenvalue weighted by Crippen LogP contribution is -2.13. The van der Waals surface area contributed by atoms with Crippen molar-refractivity contribution in [2.75, 3.05) is 13.2 Å². The molecule has 0 amide bonds. The Bertz CT molecular complexity index is 64.3. The van der Waals surface area contributed by atoms with Crippen LogP contribution in [0.15, 0.2) is 0 Å². The summed E-state index contributed by atoms with van der Waals surface area (Å²) in [6.07, 6.45) is 3.21. The Balaban J connectivity index is 3.21. The highest BCUT2D eigenvalue weighted by atomic mass is 16.5. The van der Waals surface area contributed by atoms with Gasteiger partial charge >= 0.3 is 0 Å². The maximum Gasteiger partial charge on any atom is 0.0701 e. The molecule has 10 heavy (non-hydrogen) atoms. The second-order valence-corrected chi connectivity index (χ2v) is 2.27. The van der Waals surface area contributed by atoms with Crippen molar-refractivity contribution in [2.45, 2.75) is 32.3 Å². The van der Waals surface area contributed by atoms with E-state index in [1.165, 1.54) is 0 Å². The Kier molecular flexibility index (Phi) is 6.98. The van der Waals surface area contributed by atoms with E-state index in [1.807, 2.05) is 0 Å². The lowest BCUT2D eigenvalue weighted by atomic mass is 10.2. The molecule has 0 saturated carbocycles. The van der Waals surface area contributed by atoms with Gasteiger partial charge in [-0.2, -0.15) is 0 Å². The van der Waals surface area contributed by atoms with E-state index < -0.39 is 0 Å². The Morgan fingerprint density at radius 1 is 1.60 bits per heavy atom. The molecule has 0 fully saturated rings. The van der Waals surface area contributed by atoms with Crippen LogP contribution in [-0.4, -0.2) is 24.4 Å². The first-order chi connectivity index (χ1) is 4.85. The zero-order valence-corrected chi connectivity index (χ0v) is 6.68. The van der Waals surface area contributed by atoms with E-state index >= 15 is 0 Å². The van der Waals surface area contributed by atoms with Crippen molar-refractivity contribution in [1.82, 2.24) is 0 Å². The second-order valence-electron chi connectivity index (χ2n) is 2.27. The minimum Gasteiger partial charge on any atom is -0.394 e. The number of ether oxygens (including phenoxy) is 1. The molecule has 1 atom stereocenters. The number of rotatable bonds is 6. The number of hydrogen-bond donors (Lipinski definition) is 1. The normalized spacial score (nSPS) is 13.5. The molecule has 0 aliphatic heterocycles. The van der Waals surface area contributed by atoms with Gasteiger partial charge in [0.2, 0.25) is 0 Å². The van der Waals surface area contributed by atoms with Crippen LogP contribution < -0.4 is 0 Å². The van der Waals surface area contributed by atoms with E-state index in [-0.39, 0.29) is 6.61 Å². The highest BCUT2D eigenvalue weighted by molar-refractivity contribution is 4.55. The van der Waals surface area contributed by atoms with Gasteiger partial charge < -0.3 is 9.84 Å². The van der Waals surface area contributed by atoms with Crippen molar-refractivity contribution in [3.8, 4) is 0 Å². The molecule has 0 rings (SSSR count). The van der Waals surface area contributed by atoms with Crippen LogP contribution in [0.3, 0.4) is 0 Å². The van der Waals surface area contributed by atoms with Crippen LogP contribution in [0.25, 0.3) is 0 Å². The molecule has 2 heteroatoms. The summed E-state index contributed by atoms with van der Waals surface area (Å²) in [6.45, 7) is 6.40. The van der Waals surface area contributed by atoms with Crippen molar-refractivity contribution in [1.29, 1.82) is 0 Å². The van der Waals surface area contributed by atoms with Crippen LogP contribution in [0.2, 0.25) is 0 Å². The van der Waals surface area contributed by atoms with E-state index in [1.54, 1.807) is 0 Å². The fraction of sp³-hybridized carbons (Fsp3) is 0.875. The molecule has 1 N–H and O–H groups in total. The maximum absolute atomic E-state index is 8.44. The molecule has 61 valence electrons. The minimum absolute atomic E-state index is 0.119. The summed E-state index contributed by atoms with van der Waals surface area (Å²) in [6, 6.07) is 0. The van der Waals surface area contributed by atoms with Crippen molar-refractivity contribution >= 4 is 0 Å². The maximum atomic E-state index is 8.44. The summed E-state index contributed by atoms with van der Waals surface area (Å²) in [4.78, 5) is 0. The first-order valence-electron chi connectivity index (χ1n) is 3.86. The minimum atomic E-state index is 0.119. The van der Waals surface area contributed by atoms with Crippen molar-refractivity contribution in [3.05, 3.63) is 6.92 Å². The van der Waals surface area contributed by atoms with Crippen LogP contribution in [0.4, 0.5) is 0 Å². The van der Waals surface area contributed by atoms with E-state index in [4.69, 9.17) is 9.84 Å². The summed E-state index contributed by atoms with van der Waals surface area (Å²) in [7, 11) is 0. The molecule has 1 radical (unpaired) electrons. The third-order valence-corrected chi connectivity index (χ3v) is 1.43. The zero-order chi connectivity index (χ0) is 7.82. The average Bonchev–Trinajstić information content (AvgIpc) is 1.98. The van der Waals surface area contributed by atoms with Gasteiger partial charge in [0.25, 0.3) is 0 Å². The van der Waals surface area contributed by atoms with Gasteiger partial charge in [0.15, 0.2) is 0 Å². The van der Waals surface area contributed by atoms with Gasteiger partial charge in [-0.05, 0) is 12.8 Å². The standard InChI is InChI=1S/C8H17O2/c1-3-5-8(4-2)10-7-6-9/h8-9H,1,3-7H2,2H3. The molecule has 0 aromatic heterocycles. The molecule has 0 aromatic carbocycles. The van der Waals surface area contributed by atoms with Gasteiger partial charge in [0.05, 0.1) is 19.3 Å². The molecule has 0 saturated heterocycles. The van der Waals surface area contributed by atoms with Gasteiger partial charge in [0, 0.05) is 0 Å². The highest BCUT2D eigenvalue weighted by Gasteiger charge is 2.02. The first kappa shape index (κ1) is 9.92. The van der Waals surface area contributed by atoms with Gasteiger partial charge in [-0.15, -0.1) is 0 Å². The van der Waals surface area contributed by atoms with E-state index in [9.17, 15) is 0 Å². The summed E-state index contributed by atoms with van der Waals surface area (Å²) in [5.74, 6) is 0. The van der Waals surface area contributed by atoms with Gasteiger partial charge in [-0.1, -0.05) is 20.3 Å². The fourth-order valence-electron chi connectivity index (χ4n) is 0.852. The lowest BCUT2D eigenvalue weighted by molar-refractivity contribution is 0.0226. The van der Waals surface area contributed by atoms with Crippen LogP contribution >= 0.6 is 0 Å². The van der Waals surface area contributed by atoms with Crippen molar-refractivity contribution in [3.63, 3.8) is 0 Å². The molecule has 0 aliphatic carbocycles. The average molecular weight is 145 g/mol. The quantitative estimate of drug-likeness (QED) is 0.612. The number of aliphatic hydroxyl groups is 1. The first-order valence-corrected chi connectivity index (χ1v) is 3.86. The van der Waals surface area contributed by atoms with Crippen LogP contribution in [0.1, 0.15) is 26.2 Å². The molecule has 0 bridgehead atoms. The summed E-state index contributed by atoms with van der Waals surface area (Å²) >= 11 is 0. The second kappa shape index (κ2) is 7.03. The van der Waals surface area contributed by atoms with E-state index in [0.29, 0.717) is 12.7 Å². The fourth-order valence-corrected chi connectivity index (χ4v) is 0.852. The van der Waals surface area contributed by atoms with Gasteiger partial charge in [-0.3, -0.25) is 0 Å². The van der Waals surface area contributed by atoms with Crippen molar-refractivity contribution < 1.29 is 9.84 Å². The largest absolute Gasteiger partial charge is 0.394 e. The third kappa shape index (κ3) is 4.77. The zero-order valence-electron chi connectivity index (χ0n) is 6.68. The monoisotopic (exact) mass is 145 g/mol. The molecule has 0 aliphatic rings. The van der Waals surface area contributed by atoms with Gasteiger partial charge in [0.1, 0.15) is 0 Å². The Hall–Kier alpha value is -0.0800. The summed E-state index contributed by atoms with van der Waals surface area (Å²) < 4.78 is 5.29. The molecule has 1 unspecified atom stereocenters. The molecule has 0 heterocycles. The van der Waals surface area contributed by atoms with Gasteiger partial charge in [-0.25, -0.2) is 0 Å². The van der Waals surface area contributed by atoms with E-state index in [2.05, 4.69) is 13.8 Å². The predicted molar refractivity (Wildman–Crippen MR) is 41.7 cm³/mol. The lowest BCUT2D eigenvalue weighted by Gasteiger charge is -2.13. The predicted octanol–water partition coefficient (Wildman–Crippen LogP) is 1.39. The Morgan fingerprint density at radius 2 is 2.30 bits per heavy atom. The molecular formula is C8H17O2. The van der Waals surface area contributed by atoms with Crippen LogP contribution in [-0.2, 0) is 4.74 Å². The summed E-state index contributed by atoms with van der Waals surface area (Å²) in [5, 5.41) is 8.44. The molecule has 0 aromatic rings. The Morgan fingerprint density at radius 3 is 2.70 bits per heavy atom. The Labute approximate surface area is 63.2 Å². The van der Waals surface area contributed by atoms with E-state index in [0.717, 1.165) is 19.3 Å². The van der Waals surface area contributed by atoms with Crippen LogP contribution in [0.5, 0.6) is 0 Å².